The van der Waals surface area contributed by atoms with E-state index in [1.54, 1.807) is 11.1 Å². The molecule has 4 rings (SSSR count). The fourth-order valence-corrected chi connectivity index (χ4v) is 3.63. The molecule has 3 aromatic rings. The van der Waals surface area contributed by atoms with Gasteiger partial charge in [0.05, 0.1) is 12.0 Å². The summed E-state index contributed by atoms with van der Waals surface area (Å²) >= 11 is 0. The summed E-state index contributed by atoms with van der Waals surface area (Å²) in [6.45, 7) is 4.02. The molecule has 1 aliphatic rings. The highest BCUT2D eigenvalue weighted by Crippen LogP contribution is 2.29. The third-order valence-corrected chi connectivity index (χ3v) is 5.34. The number of alkyl halides is 3. The van der Waals surface area contributed by atoms with Gasteiger partial charge < -0.3 is 15.1 Å². The highest BCUT2D eigenvalue weighted by atomic mass is 19.4. The number of rotatable bonds is 5. The second-order valence-electron chi connectivity index (χ2n) is 7.74. The average molecular weight is 456 g/mol. The predicted octanol–water partition coefficient (Wildman–Crippen LogP) is 3.83. The number of aryl methyl sites for hydroxylation is 1. The van der Waals surface area contributed by atoms with Crippen molar-refractivity contribution in [2.45, 2.75) is 19.5 Å². The molecule has 0 unspecified atom stereocenters. The molecule has 0 spiro atoms. The van der Waals surface area contributed by atoms with Crippen LogP contribution in [0.15, 0.2) is 54.7 Å². The number of hydrogen-bond acceptors (Lipinski definition) is 6. The maximum atomic E-state index is 12.7. The maximum absolute atomic E-state index is 12.7. The zero-order valence-electron chi connectivity index (χ0n) is 18.0. The van der Waals surface area contributed by atoms with Crippen LogP contribution in [0.25, 0.3) is 0 Å². The van der Waals surface area contributed by atoms with Crippen molar-refractivity contribution in [2.75, 3.05) is 36.4 Å². The van der Waals surface area contributed by atoms with E-state index in [-0.39, 0.29) is 12.3 Å². The van der Waals surface area contributed by atoms with Crippen LogP contribution in [0.2, 0.25) is 0 Å². The number of nitrogens with one attached hydrogen (secondary N) is 1. The quantitative estimate of drug-likeness (QED) is 0.629. The fraction of sp³-hybridized carbons (Fsp3) is 0.304. The van der Waals surface area contributed by atoms with Gasteiger partial charge in [-0.3, -0.25) is 4.79 Å². The molecule has 33 heavy (non-hydrogen) atoms. The largest absolute Gasteiger partial charge is 0.416 e. The molecular formula is C23H23F3N6O. The van der Waals surface area contributed by atoms with Gasteiger partial charge in [0.2, 0.25) is 5.91 Å². The van der Waals surface area contributed by atoms with Crippen LogP contribution in [0.5, 0.6) is 0 Å². The second kappa shape index (κ2) is 9.43. The topological polar surface area (TPSA) is 74.2 Å². The van der Waals surface area contributed by atoms with Gasteiger partial charge in [0.1, 0.15) is 23.3 Å². The molecular weight excluding hydrogens is 433 g/mol. The van der Waals surface area contributed by atoms with E-state index in [0.29, 0.717) is 49.2 Å². The highest BCUT2D eigenvalue weighted by molar-refractivity contribution is 5.79. The fourth-order valence-electron chi connectivity index (χ4n) is 3.63. The first-order valence-electron chi connectivity index (χ1n) is 10.5. The lowest BCUT2D eigenvalue weighted by Gasteiger charge is -2.35. The molecule has 0 bridgehead atoms. The number of halogens is 3. The van der Waals surface area contributed by atoms with Crippen molar-refractivity contribution in [1.82, 2.24) is 19.9 Å². The lowest BCUT2D eigenvalue weighted by atomic mass is 10.1. The van der Waals surface area contributed by atoms with Crippen molar-refractivity contribution in [3.05, 3.63) is 71.7 Å². The summed E-state index contributed by atoms with van der Waals surface area (Å²) in [4.78, 5) is 29.6. The van der Waals surface area contributed by atoms with Crippen LogP contribution in [-0.4, -0.2) is 51.9 Å². The maximum Gasteiger partial charge on any atom is 0.416 e. The lowest BCUT2D eigenvalue weighted by Crippen LogP contribution is -2.49. The molecule has 1 saturated heterocycles. The van der Waals surface area contributed by atoms with E-state index in [0.717, 1.165) is 18.0 Å². The molecule has 1 fully saturated rings. The van der Waals surface area contributed by atoms with Crippen LogP contribution in [-0.2, 0) is 17.4 Å². The van der Waals surface area contributed by atoms with Crippen LogP contribution in [0.1, 0.15) is 17.0 Å². The Labute approximate surface area is 189 Å². The number of carbonyl (C=O) groups excluding carboxylic acids is 1. The molecule has 3 heterocycles. The Kier molecular flexibility index (Phi) is 6.43. The van der Waals surface area contributed by atoms with Crippen LogP contribution < -0.4 is 10.2 Å². The summed E-state index contributed by atoms with van der Waals surface area (Å²) in [5.74, 6) is 2.59. The summed E-state index contributed by atoms with van der Waals surface area (Å²) in [6.07, 6.45) is -2.62. The third kappa shape index (κ3) is 5.76. The molecule has 2 aromatic heterocycles. The lowest BCUT2D eigenvalue weighted by molar-refractivity contribution is -0.137. The molecule has 10 heteroatoms. The van der Waals surface area contributed by atoms with Crippen LogP contribution in [0, 0.1) is 6.92 Å². The van der Waals surface area contributed by atoms with Gasteiger partial charge in [-0.2, -0.15) is 13.2 Å². The minimum atomic E-state index is -4.38. The van der Waals surface area contributed by atoms with Gasteiger partial charge in [0, 0.05) is 38.4 Å². The molecule has 0 atom stereocenters. The molecule has 1 amide bonds. The zero-order valence-corrected chi connectivity index (χ0v) is 18.0. The Balaban J connectivity index is 1.35. The summed E-state index contributed by atoms with van der Waals surface area (Å²) in [7, 11) is 0. The van der Waals surface area contributed by atoms with Crippen molar-refractivity contribution >= 4 is 23.4 Å². The van der Waals surface area contributed by atoms with Crippen molar-refractivity contribution in [3.63, 3.8) is 0 Å². The summed E-state index contributed by atoms with van der Waals surface area (Å²) in [5.41, 5.74) is -0.156. The normalized spacial score (nSPS) is 14.3. The van der Waals surface area contributed by atoms with E-state index in [2.05, 4.69) is 25.2 Å². The van der Waals surface area contributed by atoms with E-state index in [9.17, 15) is 18.0 Å². The average Bonchev–Trinajstić information content (AvgIpc) is 2.79. The van der Waals surface area contributed by atoms with Gasteiger partial charge in [-0.15, -0.1) is 0 Å². The number of anilines is 3. The van der Waals surface area contributed by atoms with Crippen LogP contribution in [0.4, 0.5) is 30.6 Å². The minimum absolute atomic E-state index is 0.0723. The molecule has 1 aromatic carbocycles. The predicted molar refractivity (Wildman–Crippen MR) is 118 cm³/mol. The van der Waals surface area contributed by atoms with E-state index < -0.39 is 11.7 Å². The van der Waals surface area contributed by atoms with Gasteiger partial charge in [0.25, 0.3) is 0 Å². The second-order valence-corrected chi connectivity index (χ2v) is 7.74. The van der Waals surface area contributed by atoms with Gasteiger partial charge >= 0.3 is 6.18 Å². The smallest absolute Gasteiger partial charge is 0.353 e. The number of amides is 1. The minimum Gasteiger partial charge on any atom is -0.353 e. The Morgan fingerprint density at radius 3 is 2.36 bits per heavy atom. The zero-order chi connectivity index (χ0) is 23.4. The molecule has 7 nitrogen and oxygen atoms in total. The van der Waals surface area contributed by atoms with Gasteiger partial charge in [-0.1, -0.05) is 18.2 Å². The van der Waals surface area contributed by atoms with Crippen molar-refractivity contribution in [1.29, 1.82) is 0 Å². The number of carbonyl (C=O) groups is 1. The van der Waals surface area contributed by atoms with Crippen molar-refractivity contribution in [3.8, 4) is 0 Å². The first-order valence-corrected chi connectivity index (χ1v) is 10.5. The van der Waals surface area contributed by atoms with Crippen LogP contribution >= 0.6 is 0 Å². The van der Waals surface area contributed by atoms with Crippen molar-refractivity contribution in [2.24, 2.45) is 0 Å². The first kappa shape index (κ1) is 22.5. The molecule has 1 N–H and O–H groups in total. The number of benzene rings is 1. The Morgan fingerprint density at radius 1 is 1.00 bits per heavy atom. The molecule has 172 valence electrons. The highest BCUT2D eigenvalue weighted by Gasteiger charge is 2.30. The molecule has 0 saturated carbocycles. The van der Waals surface area contributed by atoms with Gasteiger partial charge in [-0.25, -0.2) is 15.0 Å². The van der Waals surface area contributed by atoms with Gasteiger partial charge in [-0.05, 0) is 36.8 Å². The number of aromatic nitrogens is 3. The van der Waals surface area contributed by atoms with E-state index in [1.807, 2.05) is 31.2 Å². The third-order valence-electron chi connectivity index (χ3n) is 5.34. The molecule has 0 radical (unpaired) electrons. The van der Waals surface area contributed by atoms with Gasteiger partial charge in [0.15, 0.2) is 0 Å². The Bertz CT molecular complexity index is 1100. The van der Waals surface area contributed by atoms with E-state index in [1.165, 1.54) is 12.1 Å². The summed E-state index contributed by atoms with van der Waals surface area (Å²) < 4.78 is 38.1. The number of pyridine rings is 1. The monoisotopic (exact) mass is 456 g/mol. The summed E-state index contributed by atoms with van der Waals surface area (Å²) in [6, 6.07) is 12.1. The SMILES string of the molecule is Cc1nc(Nc2ccccn2)cc(N2CCN(C(=O)Cc3ccc(C(F)(F)F)cc3)CC2)n1. The number of piperazine rings is 1. The van der Waals surface area contributed by atoms with E-state index >= 15 is 0 Å². The number of nitrogens with zero attached hydrogens (tertiary/aromatic N) is 5. The number of hydrogen-bond donors (Lipinski definition) is 1. The summed E-state index contributed by atoms with van der Waals surface area (Å²) in [5, 5.41) is 3.17. The standard InChI is InChI=1S/C23H23F3N6O/c1-16-28-20(30-19-4-2-3-9-27-19)15-21(29-16)31-10-12-32(13-11-31)22(33)14-17-5-7-18(8-6-17)23(24,25)26/h2-9,15H,10-14H2,1H3,(H,27,28,29,30). The van der Waals surface area contributed by atoms with E-state index in [4.69, 9.17) is 0 Å². The Morgan fingerprint density at radius 2 is 1.73 bits per heavy atom. The van der Waals surface area contributed by atoms with Crippen molar-refractivity contribution < 1.29 is 18.0 Å². The Hall–Kier alpha value is -3.69. The van der Waals surface area contributed by atoms with Crippen LogP contribution in [0.3, 0.4) is 0 Å². The molecule has 0 aliphatic carbocycles. The molecule has 1 aliphatic heterocycles. The first-order chi connectivity index (χ1) is 15.8.